The number of rotatable bonds is 2. The van der Waals surface area contributed by atoms with Crippen molar-refractivity contribution >= 4 is 5.78 Å². The van der Waals surface area contributed by atoms with Gasteiger partial charge in [-0.2, -0.15) is 5.26 Å². The van der Waals surface area contributed by atoms with Crippen LogP contribution in [-0.2, 0) is 23.1 Å². The van der Waals surface area contributed by atoms with Gasteiger partial charge < -0.3 is 14.2 Å². The predicted molar refractivity (Wildman–Crippen MR) is 110 cm³/mol. The Morgan fingerprint density at radius 3 is 2.87 bits per heavy atom. The van der Waals surface area contributed by atoms with E-state index in [1.807, 2.05) is 36.4 Å². The van der Waals surface area contributed by atoms with E-state index in [1.165, 1.54) is 0 Å². The van der Waals surface area contributed by atoms with Gasteiger partial charge in [0.05, 0.1) is 11.3 Å². The van der Waals surface area contributed by atoms with E-state index in [0.29, 0.717) is 54.6 Å². The number of pyridine rings is 1. The Morgan fingerprint density at radius 2 is 1.97 bits per heavy atom. The maximum Gasteiger partial charge on any atom is 0.165 e. The van der Waals surface area contributed by atoms with Crippen LogP contribution in [0.25, 0.3) is 0 Å². The number of nitrogens with zero attached hydrogens (tertiary/aromatic N) is 2. The maximum atomic E-state index is 13.1. The van der Waals surface area contributed by atoms with Gasteiger partial charge in [0.1, 0.15) is 36.6 Å². The number of nitriles is 1. The highest BCUT2D eigenvalue weighted by atomic mass is 16.6. The van der Waals surface area contributed by atoms with Gasteiger partial charge in [0.25, 0.3) is 0 Å². The van der Waals surface area contributed by atoms with E-state index in [4.69, 9.17) is 14.2 Å². The van der Waals surface area contributed by atoms with E-state index in [0.717, 1.165) is 16.7 Å². The van der Waals surface area contributed by atoms with Crippen molar-refractivity contribution in [1.82, 2.24) is 4.98 Å². The van der Waals surface area contributed by atoms with Crippen LogP contribution >= 0.6 is 0 Å². The molecule has 1 aliphatic carbocycles. The van der Waals surface area contributed by atoms with E-state index < -0.39 is 5.41 Å². The molecule has 2 unspecified atom stereocenters. The smallest absolute Gasteiger partial charge is 0.165 e. The molecule has 2 aliphatic heterocycles. The predicted octanol–water partition coefficient (Wildman–Crippen LogP) is 3.14. The molecule has 0 radical (unpaired) electrons. The molecule has 2 atom stereocenters. The van der Waals surface area contributed by atoms with Crippen molar-refractivity contribution in [3.05, 3.63) is 82.7 Å². The second-order valence-corrected chi connectivity index (χ2v) is 8.11. The van der Waals surface area contributed by atoms with Gasteiger partial charge in [-0.3, -0.25) is 9.78 Å². The maximum absolute atomic E-state index is 13.1. The highest BCUT2D eigenvalue weighted by molar-refractivity contribution is 6.01. The first-order valence-corrected chi connectivity index (χ1v) is 10.3. The topological polar surface area (TPSA) is 81.4 Å². The first-order valence-electron chi connectivity index (χ1n) is 10.3. The Morgan fingerprint density at radius 1 is 1.06 bits per heavy atom. The van der Waals surface area contributed by atoms with Crippen LogP contribution in [0.5, 0.6) is 17.2 Å². The molecule has 3 heterocycles. The number of hydrogen-bond donors (Lipinski definition) is 0. The SMILES string of the molecule is N#Cc1cccnc1CC1COc2cc3c(cc2O1)OCC31C(=O)Cc2ccccc21. The van der Waals surface area contributed by atoms with Gasteiger partial charge in [0.15, 0.2) is 17.3 Å². The summed E-state index contributed by atoms with van der Waals surface area (Å²) in [6.45, 7) is 0.635. The van der Waals surface area contributed by atoms with Crippen molar-refractivity contribution in [2.75, 3.05) is 13.2 Å². The minimum absolute atomic E-state index is 0.154. The van der Waals surface area contributed by atoms with Crippen LogP contribution < -0.4 is 14.2 Å². The summed E-state index contributed by atoms with van der Waals surface area (Å²) in [6, 6.07) is 17.3. The van der Waals surface area contributed by atoms with Gasteiger partial charge in [0.2, 0.25) is 0 Å². The zero-order chi connectivity index (χ0) is 21.0. The average Bonchev–Trinajstić information content (AvgIpc) is 3.31. The van der Waals surface area contributed by atoms with Crippen LogP contribution in [0, 0.1) is 11.3 Å². The van der Waals surface area contributed by atoms with E-state index in [1.54, 1.807) is 18.3 Å². The second kappa shape index (κ2) is 6.58. The minimum atomic E-state index is -0.767. The molecule has 0 saturated carbocycles. The van der Waals surface area contributed by atoms with E-state index in [2.05, 4.69) is 11.1 Å². The van der Waals surface area contributed by atoms with Crippen molar-refractivity contribution in [2.24, 2.45) is 0 Å². The van der Waals surface area contributed by atoms with Crippen LogP contribution in [0.2, 0.25) is 0 Å². The van der Waals surface area contributed by atoms with Crippen LogP contribution in [0.3, 0.4) is 0 Å². The summed E-state index contributed by atoms with van der Waals surface area (Å²) in [7, 11) is 0. The highest BCUT2D eigenvalue weighted by Gasteiger charge is 2.53. The lowest BCUT2D eigenvalue weighted by Crippen LogP contribution is -2.35. The molecule has 6 rings (SSSR count). The molecule has 0 bridgehead atoms. The third-order valence-electron chi connectivity index (χ3n) is 6.40. The monoisotopic (exact) mass is 410 g/mol. The first-order chi connectivity index (χ1) is 15.2. The Hall–Kier alpha value is -3.85. The standard InChI is InChI=1S/C25H18N2O4/c26-12-16-5-3-7-27-20(16)9-17-13-29-22-10-19-21(11-23(22)31-17)30-14-25(19)18-6-2-1-4-15(18)8-24(25)28/h1-7,10-11,17H,8-9,13-14H2. The second-order valence-electron chi connectivity index (χ2n) is 8.11. The Balaban J connectivity index is 1.34. The third-order valence-corrected chi connectivity index (χ3v) is 6.40. The Kier molecular flexibility index (Phi) is 3.81. The number of fused-ring (bicyclic) bond motifs is 5. The fourth-order valence-corrected chi connectivity index (χ4v) is 4.90. The molecule has 1 aromatic heterocycles. The zero-order valence-electron chi connectivity index (χ0n) is 16.6. The molecule has 0 N–H and O–H groups in total. The molecule has 31 heavy (non-hydrogen) atoms. The van der Waals surface area contributed by atoms with Gasteiger partial charge in [-0.05, 0) is 29.3 Å². The summed E-state index contributed by atoms with van der Waals surface area (Å²) in [4.78, 5) is 17.4. The van der Waals surface area contributed by atoms with Crippen molar-refractivity contribution in [3.8, 4) is 23.3 Å². The fourth-order valence-electron chi connectivity index (χ4n) is 4.90. The fraction of sp³-hybridized carbons (Fsp3) is 0.240. The molecule has 0 amide bonds. The van der Waals surface area contributed by atoms with Gasteiger partial charge in [0, 0.05) is 30.7 Å². The summed E-state index contributed by atoms with van der Waals surface area (Å²) >= 11 is 0. The summed E-state index contributed by atoms with van der Waals surface area (Å²) < 4.78 is 18.2. The van der Waals surface area contributed by atoms with Crippen LogP contribution in [0.1, 0.15) is 27.9 Å². The van der Waals surface area contributed by atoms with Gasteiger partial charge in [-0.25, -0.2) is 0 Å². The minimum Gasteiger partial charge on any atom is -0.491 e. The number of aromatic nitrogens is 1. The first kappa shape index (κ1) is 18.0. The lowest BCUT2D eigenvalue weighted by Gasteiger charge is -2.28. The average molecular weight is 410 g/mol. The van der Waals surface area contributed by atoms with E-state index in [9.17, 15) is 10.1 Å². The van der Waals surface area contributed by atoms with Gasteiger partial charge in [-0.15, -0.1) is 0 Å². The lowest BCUT2D eigenvalue weighted by molar-refractivity contribution is -0.121. The molecular weight excluding hydrogens is 392 g/mol. The van der Waals surface area contributed by atoms with Crippen LogP contribution in [-0.4, -0.2) is 30.1 Å². The van der Waals surface area contributed by atoms with Crippen molar-refractivity contribution < 1.29 is 19.0 Å². The van der Waals surface area contributed by atoms with Crippen LogP contribution in [0.4, 0.5) is 0 Å². The lowest BCUT2D eigenvalue weighted by atomic mass is 9.76. The van der Waals surface area contributed by atoms with E-state index >= 15 is 0 Å². The van der Waals surface area contributed by atoms with Gasteiger partial charge >= 0.3 is 0 Å². The number of ether oxygens (including phenoxy) is 3. The molecule has 152 valence electrons. The molecule has 0 saturated heterocycles. The van der Waals surface area contributed by atoms with Crippen molar-refractivity contribution in [3.63, 3.8) is 0 Å². The van der Waals surface area contributed by atoms with Crippen molar-refractivity contribution in [1.29, 1.82) is 5.26 Å². The molecule has 2 aromatic carbocycles. The van der Waals surface area contributed by atoms with Gasteiger partial charge in [-0.1, -0.05) is 24.3 Å². The van der Waals surface area contributed by atoms with Crippen molar-refractivity contribution in [2.45, 2.75) is 24.4 Å². The largest absolute Gasteiger partial charge is 0.491 e. The van der Waals surface area contributed by atoms with E-state index in [-0.39, 0.29) is 11.9 Å². The summed E-state index contributed by atoms with van der Waals surface area (Å²) in [5, 5.41) is 9.30. The summed E-state index contributed by atoms with van der Waals surface area (Å²) in [5.41, 5.74) is 3.38. The normalized spacial score (nSPS) is 22.5. The number of hydrogen-bond acceptors (Lipinski definition) is 6. The molecule has 1 spiro atoms. The molecular formula is C25H18N2O4. The number of ketones is 1. The molecule has 6 heteroatoms. The summed E-state index contributed by atoms with van der Waals surface area (Å²) in [5.74, 6) is 2.00. The third kappa shape index (κ3) is 2.56. The Labute approximate surface area is 179 Å². The number of carbonyl (C=O) groups is 1. The Bertz CT molecular complexity index is 1280. The molecule has 6 nitrogen and oxygen atoms in total. The number of benzene rings is 2. The number of carbonyl (C=O) groups excluding carboxylic acids is 1. The van der Waals surface area contributed by atoms with Crippen LogP contribution in [0.15, 0.2) is 54.7 Å². The zero-order valence-corrected chi connectivity index (χ0v) is 16.6. The molecule has 3 aliphatic rings. The summed E-state index contributed by atoms with van der Waals surface area (Å²) in [6.07, 6.45) is 2.29. The highest BCUT2D eigenvalue weighted by Crippen LogP contribution is 2.52. The quantitative estimate of drug-likeness (QED) is 0.646. The molecule has 3 aromatic rings. The number of Topliss-reactive ketones (excluding diaryl/α,β-unsaturated/α-hetero) is 1. The molecule has 0 fully saturated rings.